The zero-order chi connectivity index (χ0) is 27.3. The van der Waals surface area contributed by atoms with Gasteiger partial charge in [-0.25, -0.2) is 0 Å². The van der Waals surface area contributed by atoms with Gasteiger partial charge >= 0.3 is 0 Å². The van der Waals surface area contributed by atoms with Crippen LogP contribution in [0.3, 0.4) is 0 Å². The number of aryl methyl sites for hydroxylation is 2. The molecule has 1 aliphatic heterocycles. The van der Waals surface area contributed by atoms with Crippen LogP contribution in [0.1, 0.15) is 16.1 Å². The number of hydrogen-bond donors (Lipinski definition) is 0. The molecule has 3 aromatic carbocycles. The number of piperazine rings is 1. The van der Waals surface area contributed by atoms with Gasteiger partial charge in [0.2, 0.25) is 0 Å². The summed E-state index contributed by atoms with van der Waals surface area (Å²) in [6.07, 6.45) is 0. The lowest BCUT2D eigenvalue weighted by atomic mass is 10.1. The number of ether oxygens (including phenoxy) is 1. The van der Waals surface area contributed by atoms with Crippen molar-refractivity contribution in [3.05, 3.63) is 93.4 Å². The third-order valence-corrected chi connectivity index (χ3v) is 7.77. The normalized spacial score (nSPS) is 13.8. The minimum absolute atomic E-state index is 0.193. The average molecular weight is 542 g/mol. The second-order valence-corrected chi connectivity index (χ2v) is 10.2. The van der Waals surface area contributed by atoms with E-state index in [0.717, 1.165) is 22.2 Å². The Labute approximate surface area is 230 Å². The largest absolute Gasteiger partial charge is 0.497 e. The summed E-state index contributed by atoms with van der Waals surface area (Å²) in [6, 6.07) is 20.7. The Balaban J connectivity index is 1.44. The van der Waals surface area contributed by atoms with Gasteiger partial charge in [-0.3, -0.25) is 9.59 Å². The van der Waals surface area contributed by atoms with Crippen molar-refractivity contribution in [1.29, 1.82) is 0 Å². The molecule has 0 N–H and O–H groups in total. The van der Waals surface area contributed by atoms with E-state index in [2.05, 4.69) is 11.8 Å². The molecule has 0 saturated carbocycles. The second-order valence-electron chi connectivity index (χ2n) is 9.77. The molecule has 9 heteroatoms. The number of rotatable bonds is 4. The van der Waals surface area contributed by atoms with E-state index in [4.69, 9.17) is 21.4 Å². The Morgan fingerprint density at radius 3 is 2.41 bits per heavy atom. The van der Waals surface area contributed by atoms with Gasteiger partial charge in [-0.1, -0.05) is 35.9 Å². The number of hydrogen-bond acceptors (Lipinski definition) is 5. The highest BCUT2D eigenvalue weighted by molar-refractivity contribution is 6.30. The predicted molar refractivity (Wildman–Crippen MR) is 155 cm³/mol. The third kappa shape index (κ3) is 4.21. The number of carbonyl (C=O) groups excluding carboxylic acids is 1. The minimum Gasteiger partial charge on any atom is -0.497 e. The molecular weight excluding hydrogens is 514 g/mol. The SMILES string of the molecule is COc1ccc(-n2nc(C(=O)N3CCN(c4cc(Cl)ccc4C)CC3)c3c4ccccc4n(C)c3c2=O)cc1. The van der Waals surface area contributed by atoms with Crippen LogP contribution in [0.5, 0.6) is 5.75 Å². The van der Waals surface area contributed by atoms with E-state index < -0.39 is 0 Å². The van der Waals surface area contributed by atoms with E-state index >= 15 is 0 Å². The van der Waals surface area contributed by atoms with Crippen LogP contribution in [0, 0.1) is 6.92 Å². The Bertz CT molecular complexity index is 1780. The van der Waals surface area contributed by atoms with Gasteiger partial charge in [0.15, 0.2) is 5.69 Å². The first-order valence-electron chi connectivity index (χ1n) is 12.8. The number of para-hydroxylation sites is 1. The molecule has 39 heavy (non-hydrogen) atoms. The maximum atomic E-state index is 14.1. The highest BCUT2D eigenvalue weighted by Gasteiger charge is 2.29. The van der Waals surface area contributed by atoms with Crippen molar-refractivity contribution in [2.45, 2.75) is 6.92 Å². The lowest BCUT2D eigenvalue weighted by molar-refractivity contribution is 0.0741. The number of methoxy groups -OCH3 is 1. The molecule has 1 fully saturated rings. The molecule has 8 nitrogen and oxygen atoms in total. The maximum Gasteiger partial charge on any atom is 0.296 e. The molecule has 3 heterocycles. The lowest BCUT2D eigenvalue weighted by Gasteiger charge is -2.36. The zero-order valence-corrected chi connectivity index (χ0v) is 22.8. The lowest BCUT2D eigenvalue weighted by Crippen LogP contribution is -2.49. The molecule has 2 aromatic heterocycles. The van der Waals surface area contributed by atoms with Gasteiger partial charge in [0.1, 0.15) is 11.3 Å². The Kier molecular flexibility index (Phi) is 6.27. The topological polar surface area (TPSA) is 72.6 Å². The standard InChI is InChI=1S/C30H28ClN5O3/c1-19-8-9-20(31)18-25(19)34-14-16-35(17-15-34)29(37)27-26-23-6-4-5-7-24(23)33(2)28(26)30(38)36(32-27)21-10-12-22(39-3)13-11-21/h4-13,18H,14-17H2,1-3H3. The zero-order valence-electron chi connectivity index (χ0n) is 22.0. The van der Waals surface area contributed by atoms with Gasteiger partial charge in [0.25, 0.3) is 11.5 Å². The van der Waals surface area contributed by atoms with Gasteiger partial charge in [-0.2, -0.15) is 9.78 Å². The first-order chi connectivity index (χ1) is 18.9. The van der Waals surface area contributed by atoms with Gasteiger partial charge in [0, 0.05) is 60.2 Å². The number of amides is 1. The molecule has 0 radical (unpaired) electrons. The molecule has 1 aliphatic rings. The van der Waals surface area contributed by atoms with Crippen LogP contribution < -0.4 is 15.2 Å². The van der Waals surface area contributed by atoms with E-state index in [-0.39, 0.29) is 17.2 Å². The van der Waals surface area contributed by atoms with Crippen molar-refractivity contribution < 1.29 is 9.53 Å². The summed E-state index contributed by atoms with van der Waals surface area (Å²) in [5.41, 5.74) is 4.08. The van der Waals surface area contributed by atoms with Crippen LogP contribution in [0.2, 0.25) is 5.02 Å². The fraction of sp³-hybridized carbons (Fsp3) is 0.233. The molecule has 0 bridgehead atoms. The highest BCUT2D eigenvalue weighted by atomic mass is 35.5. The number of benzene rings is 3. The quantitative estimate of drug-likeness (QED) is 0.326. The molecule has 0 spiro atoms. The predicted octanol–water partition coefficient (Wildman–Crippen LogP) is 4.81. The summed E-state index contributed by atoms with van der Waals surface area (Å²) in [7, 11) is 3.44. The Morgan fingerprint density at radius 2 is 1.69 bits per heavy atom. The number of anilines is 1. The third-order valence-electron chi connectivity index (χ3n) is 7.54. The molecule has 0 aliphatic carbocycles. The molecule has 6 rings (SSSR count). The number of nitrogens with zero attached hydrogens (tertiary/aromatic N) is 5. The smallest absolute Gasteiger partial charge is 0.296 e. The van der Waals surface area contributed by atoms with Gasteiger partial charge < -0.3 is 19.1 Å². The molecule has 1 saturated heterocycles. The monoisotopic (exact) mass is 541 g/mol. The Hall–Kier alpha value is -4.30. The van der Waals surface area contributed by atoms with E-state index in [1.165, 1.54) is 4.68 Å². The molecule has 0 unspecified atom stereocenters. The highest BCUT2D eigenvalue weighted by Crippen LogP contribution is 2.30. The van der Waals surface area contributed by atoms with Crippen molar-refractivity contribution in [2.24, 2.45) is 7.05 Å². The van der Waals surface area contributed by atoms with Crippen LogP contribution in [0.25, 0.3) is 27.5 Å². The van der Waals surface area contributed by atoms with E-state index in [1.54, 1.807) is 31.4 Å². The van der Waals surface area contributed by atoms with E-state index in [1.807, 2.05) is 59.0 Å². The number of aromatic nitrogens is 3. The van der Waals surface area contributed by atoms with Crippen LogP contribution in [0.15, 0.2) is 71.5 Å². The molecule has 198 valence electrons. The first kappa shape index (κ1) is 25.0. The van der Waals surface area contributed by atoms with Gasteiger partial charge in [-0.05, 0) is 55.0 Å². The molecular formula is C30H28ClN5O3. The number of fused-ring (bicyclic) bond motifs is 3. The van der Waals surface area contributed by atoms with Crippen LogP contribution >= 0.6 is 11.6 Å². The van der Waals surface area contributed by atoms with Crippen LogP contribution in [0.4, 0.5) is 5.69 Å². The van der Waals surface area contributed by atoms with Crippen molar-refractivity contribution in [1.82, 2.24) is 19.2 Å². The minimum atomic E-state index is -0.285. The summed E-state index contributed by atoms with van der Waals surface area (Å²) in [4.78, 5) is 32.0. The van der Waals surface area contributed by atoms with Crippen molar-refractivity contribution >= 4 is 45.0 Å². The molecule has 1 amide bonds. The van der Waals surface area contributed by atoms with Crippen molar-refractivity contribution in [3.8, 4) is 11.4 Å². The van der Waals surface area contributed by atoms with Crippen molar-refractivity contribution in [2.75, 3.05) is 38.2 Å². The summed E-state index contributed by atoms with van der Waals surface area (Å²) in [5, 5.41) is 6.80. The summed E-state index contributed by atoms with van der Waals surface area (Å²) < 4.78 is 8.45. The maximum absolute atomic E-state index is 14.1. The summed E-state index contributed by atoms with van der Waals surface area (Å²) >= 11 is 6.26. The first-order valence-corrected chi connectivity index (χ1v) is 13.2. The van der Waals surface area contributed by atoms with Gasteiger partial charge in [0.05, 0.1) is 12.8 Å². The van der Waals surface area contributed by atoms with Crippen molar-refractivity contribution in [3.63, 3.8) is 0 Å². The number of carbonyl (C=O) groups is 1. The number of halogens is 1. The fourth-order valence-corrected chi connectivity index (χ4v) is 5.62. The molecule has 0 atom stereocenters. The molecule has 5 aromatic rings. The van der Waals surface area contributed by atoms with Gasteiger partial charge in [-0.15, -0.1) is 0 Å². The van der Waals surface area contributed by atoms with Crippen LogP contribution in [-0.4, -0.2) is 58.4 Å². The van der Waals surface area contributed by atoms with E-state index in [0.29, 0.717) is 53.5 Å². The summed E-state index contributed by atoms with van der Waals surface area (Å²) in [5.74, 6) is 0.475. The fourth-order valence-electron chi connectivity index (χ4n) is 5.45. The van der Waals surface area contributed by atoms with E-state index in [9.17, 15) is 9.59 Å². The average Bonchev–Trinajstić information content (AvgIpc) is 3.27. The second kappa shape index (κ2) is 9.78. The summed E-state index contributed by atoms with van der Waals surface area (Å²) in [6.45, 7) is 4.46. The Morgan fingerprint density at radius 1 is 0.974 bits per heavy atom. The van der Waals surface area contributed by atoms with Crippen LogP contribution in [-0.2, 0) is 7.05 Å².